The van der Waals surface area contributed by atoms with Crippen LogP contribution in [0.4, 0.5) is 4.79 Å². The van der Waals surface area contributed by atoms with Crippen LogP contribution in [0.5, 0.6) is 0 Å². The molecule has 1 aromatic heterocycles. The number of carboxylic acids is 1. The van der Waals surface area contributed by atoms with Gasteiger partial charge in [0.2, 0.25) is 0 Å². The highest BCUT2D eigenvalue weighted by atomic mass is 16.5. The summed E-state index contributed by atoms with van der Waals surface area (Å²) in [7, 11) is 0. The Kier molecular flexibility index (Phi) is 5.09. The maximum absolute atomic E-state index is 12.8. The fourth-order valence-corrected chi connectivity index (χ4v) is 5.76. The lowest BCUT2D eigenvalue weighted by atomic mass is 9.74. The number of hydrogen-bond donors (Lipinski definition) is 2. The van der Waals surface area contributed by atoms with Crippen LogP contribution in [0.2, 0.25) is 0 Å². The number of nitrogens with zero attached hydrogens (tertiary/aromatic N) is 1. The summed E-state index contributed by atoms with van der Waals surface area (Å²) in [5.74, 6) is -1.09. The average Bonchev–Trinajstić information content (AvgIpc) is 3.62. The molecular formula is C27H24N2O6. The second-order valence-electron chi connectivity index (χ2n) is 9.33. The Morgan fingerprint density at radius 3 is 2.34 bits per heavy atom. The summed E-state index contributed by atoms with van der Waals surface area (Å²) in [6, 6.07) is 19.2. The number of hydrogen-bond acceptors (Lipinski definition) is 5. The van der Waals surface area contributed by atoms with Crippen LogP contribution in [0.25, 0.3) is 11.1 Å². The van der Waals surface area contributed by atoms with E-state index in [0.29, 0.717) is 12.3 Å². The molecule has 8 heteroatoms. The summed E-state index contributed by atoms with van der Waals surface area (Å²) in [5, 5.41) is 12.0. The zero-order chi connectivity index (χ0) is 24.1. The third-order valence-electron chi connectivity index (χ3n) is 7.47. The van der Waals surface area contributed by atoms with E-state index in [4.69, 9.17) is 9.15 Å². The summed E-state index contributed by atoms with van der Waals surface area (Å²) < 4.78 is 11.2. The average molecular weight is 472 g/mol. The first-order valence-electron chi connectivity index (χ1n) is 11.7. The summed E-state index contributed by atoms with van der Waals surface area (Å²) in [5.41, 5.74) is 4.60. The second-order valence-corrected chi connectivity index (χ2v) is 9.33. The molecule has 178 valence electrons. The van der Waals surface area contributed by atoms with E-state index in [9.17, 15) is 19.5 Å². The Labute approximate surface area is 201 Å². The van der Waals surface area contributed by atoms with Gasteiger partial charge in [-0.15, -0.1) is 0 Å². The van der Waals surface area contributed by atoms with Gasteiger partial charge in [-0.2, -0.15) is 0 Å². The molecule has 2 aliphatic heterocycles. The monoisotopic (exact) mass is 472 g/mol. The third-order valence-corrected chi connectivity index (χ3v) is 7.47. The molecule has 2 N–H and O–H groups in total. The molecule has 3 aromatic rings. The van der Waals surface area contributed by atoms with Crippen molar-refractivity contribution in [1.29, 1.82) is 0 Å². The molecule has 3 atom stereocenters. The minimum atomic E-state index is -0.853. The van der Waals surface area contributed by atoms with Crippen LogP contribution in [0.15, 0.2) is 65.1 Å². The highest BCUT2D eigenvalue weighted by Crippen LogP contribution is 2.47. The van der Waals surface area contributed by atoms with Crippen molar-refractivity contribution in [3.05, 3.63) is 83.3 Å². The molecule has 3 fully saturated rings. The van der Waals surface area contributed by atoms with Gasteiger partial charge in [-0.1, -0.05) is 48.5 Å². The molecule has 2 saturated heterocycles. The molecule has 4 aliphatic rings. The standard InChI is InChI=1S/C27H24N2O6/c30-25(29-13-15-11-22(29)24(15)26(31)32)23-10-9-16(35-23)12-28-27(33)34-14-21-19-7-3-1-5-17(19)18-6-2-4-8-20(18)21/h1-10,15,21-22,24H,11-14H2,(H,28,33)(H,31,32). The van der Waals surface area contributed by atoms with E-state index < -0.39 is 18.0 Å². The number of fused-ring (bicyclic) bond motifs is 4. The van der Waals surface area contributed by atoms with Crippen molar-refractivity contribution >= 4 is 18.0 Å². The lowest BCUT2D eigenvalue weighted by Gasteiger charge is -2.32. The number of benzene rings is 2. The Bertz CT molecular complexity index is 1280. The maximum Gasteiger partial charge on any atom is 0.407 e. The van der Waals surface area contributed by atoms with E-state index in [-0.39, 0.29) is 42.7 Å². The van der Waals surface area contributed by atoms with Crippen molar-refractivity contribution in [2.75, 3.05) is 13.2 Å². The first-order valence-corrected chi connectivity index (χ1v) is 11.7. The Balaban J connectivity index is 1.04. The largest absolute Gasteiger partial charge is 0.481 e. The second kappa shape index (κ2) is 8.30. The topological polar surface area (TPSA) is 109 Å². The zero-order valence-electron chi connectivity index (χ0n) is 18.8. The number of carboxylic acid groups (broad SMARTS) is 1. The molecule has 0 spiro atoms. The molecule has 3 unspecified atom stereocenters. The first-order chi connectivity index (χ1) is 17.0. The van der Waals surface area contributed by atoms with Crippen molar-refractivity contribution in [2.45, 2.75) is 24.9 Å². The van der Waals surface area contributed by atoms with Crippen molar-refractivity contribution in [3.8, 4) is 11.1 Å². The SMILES string of the molecule is O=C(NCc1ccc(C(=O)N2CC3CC2C3C(=O)O)o1)OCC1c2ccccc2-c2ccccc21. The fourth-order valence-electron chi connectivity index (χ4n) is 5.76. The number of rotatable bonds is 6. The number of ether oxygens (including phenoxy) is 1. The number of nitrogens with one attached hydrogen (secondary N) is 1. The maximum atomic E-state index is 12.8. The molecule has 2 aliphatic carbocycles. The van der Waals surface area contributed by atoms with Gasteiger partial charge in [0.1, 0.15) is 12.4 Å². The number of alkyl carbamates (subject to hydrolysis) is 1. The molecule has 3 heterocycles. The van der Waals surface area contributed by atoms with Crippen LogP contribution < -0.4 is 5.32 Å². The highest BCUT2D eigenvalue weighted by Gasteiger charge is 2.57. The number of aliphatic carboxylic acids is 1. The lowest BCUT2D eigenvalue weighted by Crippen LogP contribution is -2.45. The molecule has 35 heavy (non-hydrogen) atoms. The number of carbonyl (C=O) groups is 3. The van der Waals surface area contributed by atoms with E-state index in [0.717, 1.165) is 28.7 Å². The van der Waals surface area contributed by atoms with Crippen LogP contribution in [-0.4, -0.2) is 47.2 Å². The van der Waals surface area contributed by atoms with Crippen LogP contribution in [0.1, 0.15) is 39.8 Å². The highest BCUT2D eigenvalue weighted by molar-refractivity contribution is 5.93. The fraction of sp³-hybridized carbons (Fsp3) is 0.296. The minimum absolute atomic E-state index is 0.0196. The molecule has 2 aromatic carbocycles. The molecule has 7 rings (SSSR count). The smallest absolute Gasteiger partial charge is 0.407 e. The van der Waals surface area contributed by atoms with Crippen LogP contribution in [0, 0.1) is 11.8 Å². The molecule has 8 nitrogen and oxygen atoms in total. The molecule has 2 amide bonds. The molecule has 2 bridgehead atoms. The minimum Gasteiger partial charge on any atom is -0.481 e. The van der Waals surface area contributed by atoms with Gasteiger partial charge in [0.15, 0.2) is 5.76 Å². The van der Waals surface area contributed by atoms with Gasteiger partial charge in [-0.3, -0.25) is 9.59 Å². The van der Waals surface area contributed by atoms with Gasteiger partial charge >= 0.3 is 12.1 Å². The summed E-state index contributed by atoms with van der Waals surface area (Å²) >= 11 is 0. The Hall–Kier alpha value is -4.07. The van der Waals surface area contributed by atoms with Gasteiger partial charge < -0.3 is 24.5 Å². The number of carbonyl (C=O) groups excluding carboxylic acids is 2. The zero-order valence-corrected chi connectivity index (χ0v) is 18.8. The van der Waals surface area contributed by atoms with Crippen molar-refractivity contribution in [3.63, 3.8) is 0 Å². The molecule has 0 radical (unpaired) electrons. The normalized spacial score (nSPS) is 21.7. The van der Waals surface area contributed by atoms with E-state index >= 15 is 0 Å². The predicted molar refractivity (Wildman–Crippen MR) is 125 cm³/mol. The van der Waals surface area contributed by atoms with Crippen LogP contribution in [-0.2, 0) is 16.1 Å². The van der Waals surface area contributed by atoms with Crippen molar-refractivity contribution < 1.29 is 28.6 Å². The molecular weight excluding hydrogens is 448 g/mol. The molecule has 1 saturated carbocycles. The summed E-state index contributed by atoms with van der Waals surface area (Å²) in [6.07, 6.45) is 0.153. The Morgan fingerprint density at radius 1 is 1.00 bits per heavy atom. The Morgan fingerprint density at radius 2 is 1.69 bits per heavy atom. The summed E-state index contributed by atoms with van der Waals surface area (Å²) in [4.78, 5) is 38.1. The lowest BCUT2D eigenvalue weighted by molar-refractivity contribution is -0.147. The van der Waals surface area contributed by atoms with E-state index in [2.05, 4.69) is 29.6 Å². The third kappa shape index (κ3) is 3.56. The number of amides is 2. The van der Waals surface area contributed by atoms with Crippen molar-refractivity contribution in [1.82, 2.24) is 10.2 Å². The van der Waals surface area contributed by atoms with Gasteiger partial charge in [0.05, 0.1) is 12.5 Å². The quantitative estimate of drug-likeness (QED) is 0.564. The van der Waals surface area contributed by atoms with E-state index in [1.165, 1.54) is 0 Å². The predicted octanol–water partition coefficient (Wildman–Crippen LogP) is 3.86. The first kappa shape index (κ1) is 21.5. The van der Waals surface area contributed by atoms with Gasteiger partial charge in [-0.05, 0) is 46.7 Å². The van der Waals surface area contributed by atoms with E-state index in [1.807, 2.05) is 24.3 Å². The van der Waals surface area contributed by atoms with Crippen LogP contribution in [0.3, 0.4) is 0 Å². The van der Waals surface area contributed by atoms with Crippen molar-refractivity contribution in [2.24, 2.45) is 11.8 Å². The van der Waals surface area contributed by atoms with Gasteiger partial charge in [-0.25, -0.2) is 4.79 Å². The summed E-state index contributed by atoms with van der Waals surface area (Å²) in [6.45, 7) is 0.728. The van der Waals surface area contributed by atoms with E-state index in [1.54, 1.807) is 17.0 Å². The number of furan rings is 1. The van der Waals surface area contributed by atoms with Crippen LogP contribution >= 0.6 is 0 Å². The van der Waals surface area contributed by atoms with Gasteiger partial charge in [0.25, 0.3) is 5.91 Å². The van der Waals surface area contributed by atoms with Gasteiger partial charge in [0, 0.05) is 18.5 Å².